The first-order chi connectivity index (χ1) is 7.00. The first kappa shape index (κ1) is 12.1. The van der Waals surface area contributed by atoms with E-state index in [1.807, 2.05) is 0 Å². The van der Waals surface area contributed by atoms with Crippen molar-refractivity contribution < 1.29 is 0 Å². The van der Waals surface area contributed by atoms with Crippen molar-refractivity contribution in [2.45, 2.75) is 46.6 Å². The molecule has 1 aliphatic rings. The van der Waals surface area contributed by atoms with Crippen molar-refractivity contribution in [1.29, 1.82) is 0 Å². The van der Waals surface area contributed by atoms with Gasteiger partial charge < -0.3 is 4.90 Å². The smallest absolute Gasteiger partial charge is 0.0400 e. The third-order valence-electron chi connectivity index (χ3n) is 2.73. The molecule has 1 rings (SSSR count). The van der Waals surface area contributed by atoms with E-state index >= 15 is 0 Å². The van der Waals surface area contributed by atoms with Gasteiger partial charge in [0.25, 0.3) is 0 Å². The minimum atomic E-state index is 0.220. The van der Waals surface area contributed by atoms with Crippen molar-refractivity contribution in [3.05, 3.63) is 35.6 Å². The first-order valence-electron chi connectivity index (χ1n) is 5.77. The fourth-order valence-electron chi connectivity index (χ4n) is 2.08. The highest BCUT2D eigenvalue weighted by atomic mass is 15.2. The van der Waals surface area contributed by atoms with Gasteiger partial charge in [0.1, 0.15) is 0 Å². The van der Waals surface area contributed by atoms with Gasteiger partial charge in [-0.25, -0.2) is 0 Å². The molecule has 0 fully saturated rings. The molecule has 84 valence electrons. The van der Waals surface area contributed by atoms with Crippen molar-refractivity contribution in [2.75, 3.05) is 6.54 Å². The van der Waals surface area contributed by atoms with E-state index in [1.54, 1.807) is 0 Å². The van der Waals surface area contributed by atoms with E-state index in [0.29, 0.717) is 0 Å². The van der Waals surface area contributed by atoms with Crippen LogP contribution in [0, 0.1) is 0 Å². The molecule has 0 atom stereocenters. The summed E-state index contributed by atoms with van der Waals surface area (Å²) >= 11 is 0. The highest BCUT2D eigenvalue weighted by Gasteiger charge is 2.27. The molecule has 1 heteroatoms. The van der Waals surface area contributed by atoms with Crippen LogP contribution in [-0.2, 0) is 0 Å². The molecule has 0 saturated carbocycles. The van der Waals surface area contributed by atoms with Gasteiger partial charge >= 0.3 is 0 Å². The summed E-state index contributed by atoms with van der Waals surface area (Å²) in [6, 6.07) is 0. The Labute approximate surface area is 94.2 Å². The third kappa shape index (κ3) is 2.74. The lowest BCUT2D eigenvalue weighted by Gasteiger charge is -2.35. The fourth-order valence-corrected chi connectivity index (χ4v) is 2.08. The van der Waals surface area contributed by atoms with E-state index < -0.39 is 0 Å². The molecule has 0 aliphatic carbocycles. The molecule has 0 aromatic carbocycles. The Morgan fingerprint density at radius 2 is 1.67 bits per heavy atom. The van der Waals surface area contributed by atoms with Crippen molar-refractivity contribution in [1.82, 2.24) is 4.90 Å². The highest BCUT2D eigenvalue weighted by molar-refractivity contribution is 5.36. The monoisotopic (exact) mass is 205 g/mol. The van der Waals surface area contributed by atoms with Crippen LogP contribution in [0.1, 0.15) is 41.0 Å². The van der Waals surface area contributed by atoms with Crippen molar-refractivity contribution in [2.24, 2.45) is 0 Å². The summed E-state index contributed by atoms with van der Waals surface area (Å²) < 4.78 is 0. The van der Waals surface area contributed by atoms with E-state index in [0.717, 1.165) is 6.54 Å². The van der Waals surface area contributed by atoms with Gasteiger partial charge in [-0.1, -0.05) is 18.2 Å². The SMILES string of the molecule is C/C=C\C1=C(/C=C\C)N(C(C)(C)C)CC1. The average molecular weight is 205 g/mol. The maximum Gasteiger partial charge on any atom is 0.0400 e. The quantitative estimate of drug-likeness (QED) is 0.661. The Bertz CT molecular complexity index is 300. The van der Waals surface area contributed by atoms with Crippen LogP contribution in [0.4, 0.5) is 0 Å². The largest absolute Gasteiger partial charge is 0.366 e. The van der Waals surface area contributed by atoms with Gasteiger partial charge in [0.2, 0.25) is 0 Å². The van der Waals surface area contributed by atoms with Gasteiger partial charge in [-0.3, -0.25) is 0 Å². The molecule has 0 amide bonds. The van der Waals surface area contributed by atoms with E-state index in [2.05, 4.69) is 63.8 Å². The molecule has 0 spiro atoms. The summed E-state index contributed by atoms with van der Waals surface area (Å²) in [6.07, 6.45) is 9.89. The minimum Gasteiger partial charge on any atom is -0.366 e. The van der Waals surface area contributed by atoms with Crippen LogP contribution < -0.4 is 0 Å². The van der Waals surface area contributed by atoms with E-state index in [4.69, 9.17) is 0 Å². The zero-order valence-electron chi connectivity index (χ0n) is 10.7. The summed E-state index contributed by atoms with van der Waals surface area (Å²) in [4.78, 5) is 2.49. The molecule has 0 N–H and O–H groups in total. The molecule has 0 saturated heterocycles. The maximum absolute atomic E-state index is 2.49. The lowest BCUT2D eigenvalue weighted by molar-refractivity contribution is 0.209. The van der Waals surface area contributed by atoms with E-state index in [9.17, 15) is 0 Å². The van der Waals surface area contributed by atoms with Crippen LogP contribution in [0.15, 0.2) is 35.6 Å². The molecular formula is C14H23N. The number of nitrogens with zero attached hydrogens (tertiary/aromatic N) is 1. The number of rotatable bonds is 2. The van der Waals surface area contributed by atoms with Gasteiger partial charge in [-0.2, -0.15) is 0 Å². The Balaban J connectivity index is 3.05. The molecule has 0 aromatic heterocycles. The Hall–Kier alpha value is -0.980. The van der Waals surface area contributed by atoms with E-state index in [1.165, 1.54) is 17.7 Å². The molecule has 0 unspecified atom stereocenters. The average Bonchev–Trinajstić information content (AvgIpc) is 2.49. The summed E-state index contributed by atoms with van der Waals surface area (Å²) in [5.41, 5.74) is 3.08. The second-order valence-corrected chi connectivity index (χ2v) is 4.98. The summed E-state index contributed by atoms with van der Waals surface area (Å²) in [5, 5.41) is 0. The molecule has 15 heavy (non-hydrogen) atoms. The zero-order valence-corrected chi connectivity index (χ0v) is 10.7. The predicted molar refractivity (Wildman–Crippen MR) is 67.7 cm³/mol. The van der Waals surface area contributed by atoms with Crippen LogP contribution in [-0.4, -0.2) is 17.0 Å². The standard InChI is InChI=1S/C14H23N/c1-6-8-12-10-11-15(14(3,4)5)13(12)9-7-2/h6-9H,10-11H2,1-5H3/b8-6-,9-7-. The number of hydrogen-bond acceptors (Lipinski definition) is 1. The molecule has 1 heterocycles. The molecule has 0 radical (unpaired) electrons. The number of hydrogen-bond donors (Lipinski definition) is 0. The molecule has 0 aromatic rings. The Morgan fingerprint density at radius 1 is 1.07 bits per heavy atom. The van der Waals surface area contributed by atoms with Crippen LogP contribution >= 0.6 is 0 Å². The van der Waals surface area contributed by atoms with Gasteiger partial charge in [0.15, 0.2) is 0 Å². The Kier molecular flexibility index (Phi) is 3.78. The van der Waals surface area contributed by atoms with Crippen LogP contribution in [0.2, 0.25) is 0 Å². The zero-order chi connectivity index (χ0) is 11.5. The highest BCUT2D eigenvalue weighted by Crippen LogP contribution is 2.31. The predicted octanol–water partition coefficient (Wildman–Crippen LogP) is 3.90. The normalized spacial score (nSPS) is 18.9. The lowest BCUT2D eigenvalue weighted by atomic mass is 10.1. The van der Waals surface area contributed by atoms with Gasteiger partial charge in [0.05, 0.1) is 0 Å². The van der Waals surface area contributed by atoms with Crippen LogP contribution in [0.25, 0.3) is 0 Å². The van der Waals surface area contributed by atoms with Gasteiger partial charge in [-0.15, -0.1) is 0 Å². The molecule has 1 aliphatic heterocycles. The topological polar surface area (TPSA) is 3.24 Å². The second kappa shape index (κ2) is 4.69. The third-order valence-corrected chi connectivity index (χ3v) is 2.73. The Morgan fingerprint density at radius 3 is 2.13 bits per heavy atom. The molecule has 1 nitrogen and oxygen atoms in total. The van der Waals surface area contributed by atoms with Crippen molar-refractivity contribution >= 4 is 0 Å². The minimum absolute atomic E-state index is 0.220. The molecule has 0 bridgehead atoms. The summed E-state index contributed by atoms with van der Waals surface area (Å²) in [7, 11) is 0. The van der Waals surface area contributed by atoms with Crippen LogP contribution in [0.3, 0.4) is 0 Å². The van der Waals surface area contributed by atoms with Crippen molar-refractivity contribution in [3.63, 3.8) is 0 Å². The number of allylic oxidation sites excluding steroid dienone is 4. The maximum atomic E-state index is 2.49. The molecular weight excluding hydrogens is 182 g/mol. The van der Waals surface area contributed by atoms with Gasteiger partial charge in [0, 0.05) is 17.8 Å². The summed E-state index contributed by atoms with van der Waals surface area (Å²) in [5.74, 6) is 0. The van der Waals surface area contributed by atoms with Crippen LogP contribution in [0.5, 0.6) is 0 Å². The van der Waals surface area contributed by atoms with Gasteiger partial charge in [-0.05, 0) is 52.7 Å². The van der Waals surface area contributed by atoms with E-state index in [-0.39, 0.29) is 5.54 Å². The second-order valence-electron chi connectivity index (χ2n) is 4.98. The summed E-state index contributed by atoms with van der Waals surface area (Å²) in [6.45, 7) is 12.1. The lowest BCUT2D eigenvalue weighted by Crippen LogP contribution is -2.38. The first-order valence-corrected chi connectivity index (χ1v) is 5.77. The fraction of sp³-hybridized carbons (Fsp3) is 0.571. The van der Waals surface area contributed by atoms with Crippen molar-refractivity contribution in [3.8, 4) is 0 Å².